The Kier molecular flexibility index (Phi) is 4.43. The number of aliphatic carboxylic acids is 1. The van der Waals surface area contributed by atoms with E-state index in [1.165, 1.54) is 4.57 Å². The monoisotopic (exact) mass is 306 g/mol. The fourth-order valence-corrected chi connectivity index (χ4v) is 2.33. The van der Waals surface area contributed by atoms with Gasteiger partial charge in [0, 0.05) is 22.0 Å². The van der Waals surface area contributed by atoms with Gasteiger partial charge in [0.2, 0.25) is 0 Å². The highest BCUT2D eigenvalue weighted by Gasteiger charge is 2.14. The molecule has 1 N–H and O–H groups in total. The van der Waals surface area contributed by atoms with Crippen molar-refractivity contribution < 1.29 is 9.90 Å². The Morgan fingerprint density at radius 3 is 2.48 bits per heavy atom. The number of nitrogens with zero attached hydrogens (tertiary/aromatic N) is 2. The molecule has 1 aromatic carbocycles. The topological polar surface area (TPSA) is 72.2 Å². The molecule has 1 heterocycles. The van der Waals surface area contributed by atoms with Gasteiger partial charge in [-0.05, 0) is 31.5 Å². The summed E-state index contributed by atoms with van der Waals surface area (Å²) in [6.45, 7) is 3.73. The smallest absolute Gasteiger partial charge is 0.348 e. The van der Waals surface area contributed by atoms with E-state index in [4.69, 9.17) is 16.7 Å². The summed E-state index contributed by atoms with van der Waals surface area (Å²) in [5, 5.41) is 9.59. The van der Waals surface area contributed by atoms with Crippen LogP contribution in [0.2, 0.25) is 5.02 Å². The Hall–Kier alpha value is -2.14. The number of benzene rings is 1. The van der Waals surface area contributed by atoms with Crippen molar-refractivity contribution in [1.82, 2.24) is 9.55 Å². The lowest BCUT2D eigenvalue weighted by Gasteiger charge is -2.14. The number of carboxylic acid groups (broad SMARTS) is 1. The zero-order valence-electron chi connectivity index (χ0n) is 11.8. The molecule has 0 radical (unpaired) electrons. The maximum absolute atomic E-state index is 12.0. The molecule has 0 saturated heterocycles. The molecule has 0 unspecified atom stereocenters. The molecule has 6 heteroatoms. The SMILES string of the molecule is Cc1nc(=O)n(Cc2ccc(Cl)cc2)c(C)c1CC(=O)O. The first-order valence-electron chi connectivity index (χ1n) is 6.41. The second kappa shape index (κ2) is 6.10. The maximum atomic E-state index is 12.0. The molecule has 0 aliphatic rings. The van der Waals surface area contributed by atoms with E-state index >= 15 is 0 Å². The molecule has 0 aliphatic heterocycles. The lowest BCUT2D eigenvalue weighted by atomic mass is 10.1. The minimum Gasteiger partial charge on any atom is -0.481 e. The van der Waals surface area contributed by atoms with Crippen LogP contribution in [0.4, 0.5) is 0 Å². The molecule has 0 aliphatic carbocycles. The summed E-state index contributed by atoms with van der Waals surface area (Å²) in [5.74, 6) is -0.945. The summed E-state index contributed by atoms with van der Waals surface area (Å²) in [6, 6.07) is 7.14. The van der Waals surface area contributed by atoms with Crippen molar-refractivity contribution in [2.24, 2.45) is 0 Å². The van der Waals surface area contributed by atoms with Crippen LogP contribution in [-0.2, 0) is 17.8 Å². The van der Waals surface area contributed by atoms with Crippen molar-refractivity contribution in [2.75, 3.05) is 0 Å². The number of hydrogen-bond acceptors (Lipinski definition) is 3. The van der Waals surface area contributed by atoms with Crippen molar-refractivity contribution in [3.63, 3.8) is 0 Å². The summed E-state index contributed by atoms with van der Waals surface area (Å²) < 4.78 is 1.48. The van der Waals surface area contributed by atoms with Crippen LogP contribution in [0.5, 0.6) is 0 Å². The lowest BCUT2D eigenvalue weighted by molar-refractivity contribution is -0.136. The van der Waals surface area contributed by atoms with Crippen LogP contribution in [0.15, 0.2) is 29.1 Å². The zero-order chi connectivity index (χ0) is 15.6. The molecule has 0 atom stereocenters. The van der Waals surface area contributed by atoms with Gasteiger partial charge in [0.15, 0.2) is 0 Å². The lowest BCUT2D eigenvalue weighted by Crippen LogP contribution is -2.28. The van der Waals surface area contributed by atoms with E-state index in [1.54, 1.807) is 26.0 Å². The second-order valence-electron chi connectivity index (χ2n) is 4.83. The number of hydrogen-bond donors (Lipinski definition) is 1. The highest BCUT2D eigenvalue weighted by atomic mass is 35.5. The quantitative estimate of drug-likeness (QED) is 0.940. The van der Waals surface area contributed by atoms with E-state index in [2.05, 4.69) is 4.98 Å². The van der Waals surface area contributed by atoms with Crippen molar-refractivity contribution in [2.45, 2.75) is 26.8 Å². The van der Waals surface area contributed by atoms with Crippen molar-refractivity contribution >= 4 is 17.6 Å². The Morgan fingerprint density at radius 1 is 1.29 bits per heavy atom. The predicted molar refractivity (Wildman–Crippen MR) is 79.9 cm³/mol. The van der Waals surface area contributed by atoms with Crippen LogP contribution >= 0.6 is 11.6 Å². The number of carboxylic acids is 1. The first kappa shape index (κ1) is 15.3. The molecule has 21 heavy (non-hydrogen) atoms. The van der Waals surface area contributed by atoms with E-state index in [-0.39, 0.29) is 12.1 Å². The minimum atomic E-state index is -0.945. The highest BCUT2D eigenvalue weighted by Crippen LogP contribution is 2.14. The van der Waals surface area contributed by atoms with Gasteiger partial charge in [-0.3, -0.25) is 9.36 Å². The Labute approximate surface area is 126 Å². The van der Waals surface area contributed by atoms with Gasteiger partial charge in [0.25, 0.3) is 0 Å². The van der Waals surface area contributed by atoms with E-state index in [9.17, 15) is 9.59 Å². The van der Waals surface area contributed by atoms with Gasteiger partial charge in [-0.15, -0.1) is 0 Å². The first-order chi connectivity index (χ1) is 9.88. The molecule has 2 rings (SSSR count). The number of aryl methyl sites for hydroxylation is 1. The molecule has 0 amide bonds. The number of halogens is 1. The average Bonchev–Trinajstić information content (AvgIpc) is 2.41. The van der Waals surface area contributed by atoms with Gasteiger partial charge in [-0.2, -0.15) is 4.98 Å². The zero-order valence-corrected chi connectivity index (χ0v) is 12.5. The van der Waals surface area contributed by atoms with Gasteiger partial charge >= 0.3 is 11.7 Å². The molecule has 5 nitrogen and oxygen atoms in total. The summed E-state index contributed by atoms with van der Waals surface area (Å²) in [6.07, 6.45) is -0.147. The molecule has 0 bridgehead atoms. The minimum absolute atomic E-state index is 0.147. The normalized spacial score (nSPS) is 10.6. The molecule has 110 valence electrons. The van der Waals surface area contributed by atoms with E-state index < -0.39 is 5.97 Å². The van der Waals surface area contributed by atoms with Gasteiger partial charge in [-0.1, -0.05) is 23.7 Å². The predicted octanol–water partition coefficient (Wildman–Crippen LogP) is 2.19. The fourth-order valence-electron chi connectivity index (χ4n) is 2.21. The fraction of sp³-hybridized carbons (Fsp3) is 0.267. The third-order valence-electron chi connectivity index (χ3n) is 3.35. The third-order valence-corrected chi connectivity index (χ3v) is 3.61. The van der Waals surface area contributed by atoms with Gasteiger partial charge < -0.3 is 5.11 Å². The van der Waals surface area contributed by atoms with Crippen LogP contribution in [0, 0.1) is 13.8 Å². The molecule has 2 aromatic rings. The second-order valence-corrected chi connectivity index (χ2v) is 5.26. The largest absolute Gasteiger partial charge is 0.481 e. The van der Waals surface area contributed by atoms with Gasteiger partial charge in [0.1, 0.15) is 0 Å². The van der Waals surface area contributed by atoms with Gasteiger partial charge in [0.05, 0.1) is 13.0 Å². The average molecular weight is 307 g/mol. The van der Waals surface area contributed by atoms with Crippen molar-refractivity contribution in [3.05, 3.63) is 62.3 Å². The summed E-state index contributed by atoms with van der Waals surface area (Å²) >= 11 is 5.83. The molecule has 0 saturated carbocycles. The number of carbonyl (C=O) groups is 1. The van der Waals surface area contributed by atoms with E-state index in [1.807, 2.05) is 12.1 Å². The maximum Gasteiger partial charge on any atom is 0.348 e. The van der Waals surface area contributed by atoms with Crippen LogP contribution in [0.1, 0.15) is 22.5 Å². The molecule has 1 aromatic heterocycles. The Balaban J connectivity index is 2.45. The van der Waals surface area contributed by atoms with E-state index in [0.717, 1.165) is 5.56 Å². The molecular weight excluding hydrogens is 292 g/mol. The van der Waals surface area contributed by atoms with Crippen LogP contribution in [-0.4, -0.2) is 20.6 Å². The molecule has 0 spiro atoms. The Bertz CT molecular complexity index is 736. The molecular formula is C15H15ClN2O3. The highest BCUT2D eigenvalue weighted by molar-refractivity contribution is 6.30. The van der Waals surface area contributed by atoms with Crippen LogP contribution < -0.4 is 5.69 Å². The summed E-state index contributed by atoms with van der Waals surface area (Å²) in [5.41, 5.74) is 2.19. The Morgan fingerprint density at radius 2 is 1.90 bits per heavy atom. The third kappa shape index (κ3) is 3.49. The van der Waals surface area contributed by atoms with Crippen molar-refractivity contribution in [1.29, 1.82) is 0 Å². The first-order valence-corrected chi connectivity index (χ1v) is 6.79. The van der Waals surface area contributed by atoms with E-state index in [0.29, 0.717) is 28.5 Å². The summed E-state index contributed by atoms with van der Waals surface area (Å²) in [4.78, 5) is 26.9. The van der Waals surface area contributed by atoms with Gasteiger partial charge in [-0.25, -0.2) is 4.79 Å². The number of aromatic nitrogens is 2. The van der Waals surface area contributed by atoms with Crippen LogP contribution in [0.25, 0.3) is 0 Å². The standard InChI is InChI=1S/C15H15ClN2O3/c1-9-13(7-14(19)20)10(2)18(15(21)17-9)8-11-3-5-12(16)6-4-11/h3-6H,7-8H2,1-2H3,(H,19,20). The van der Waals surface area contributed by atoms with Crippen molar-refractivity contribution in [3.8, 4) is 0 Å². The number of rotatable bonds is 4. The summed E-state index contributed by atoms with van der Waals surface area (Å²) in [7, 11) is 0. The molecule has 0 fully saturated rings. The van der Waals surface area contributed by atoms with Crippen LogP contribution in [0.3, 0.4) is 0 Å².